The fourth-order valence-electron chi connectivity index (χ4n) is 4.01. The quantitative estimate of drug-likeness (QED) is 0.556. The summed E-state index contributed by atoms with van der Waals surface area (Å²) in [6, 6.07) is 6.95. The Morgan fingerprint density at radius 1 is 1.17 bits per heavy atom. The van der Waals surface area contributed by atoms with Crippen molar-refractivity contribution >= 4 is 33.3 Å². The highest BCUT2D eigenvalue weighted by atomic mass is 32.2. The molecule has 2 aromatic rings. The zero-order valence-corrected chi connectivity index (χ0v) is 19.8. The van der Waals surface area contributed by atoms with Gasteiger partial charge in [0.1, 0.15) is 11.9 Å². The number of sulfonamides is 1. The first-order valence-corrected chi connectivity index (χ1v) is 12.6. The van der Waals surface area contributed by atoms with Crippen LogP contribution in [0, 0.1) is 5.82 Å². The monoisotopic (exact) mass is 527 g/mol. The second-order valence-corrected chi connectivity index (χ2v) is 10.1. The van der Waals surface area contributed by atoms with Crippen molar-refractivity contribution in [2.24, 2.45) is 0 Å². The molecule has 1 aromatic heterocycles. The van der Waals surface area contributed by atoms with E-state index < -0.39 is 46.7 Å². The van der Waals surface area contributed by atoms with Crippen LogP contribution in [0.4, 0.5) is 29.3 Å². The Balaban J connectivity index is 1.41. The van der Waals surface area contributed by atoms with Gasteiger partial charge in [0.15, 0.2) is 5.78 Å². The standard InChI is InChI=1S/C22H24F3N5O5S/c23-18-13-15(29-14-16(35-22(29)32)2-4-20(31)21(24)25)1-3-19(18)28-10-9-27-30(12-11-28)36(33,34)17-5-7-26-8-6-17/h1,3,5-8,13,16,21,27H,2,4,9-12,14H2/t16-/m0/s1. The molecule has 0 saturated carbocycles. The predicted molar refractivity (Wildman–Crippen MR) is 123 cm³/mol. The highest BCUT2D eigenvalue weighted by Gasteiger charge is 2.34. The van der Waals surface area contributed by atoms with Gasteiger partial charge in [-0.15, -0.1) is 4.41 Å². The van der Waals surface area contributed by atoms with E-state index in [0.717, 1.165) is 10.5 Å². The zero-order chi connectivity index (χ0) is 25.9. The lowest BCUT2D eigenvalue weighted by Gasteiger charge is -2.24. The molecule has 0 spiro atoms. The summed E-state index contributed by atoms with van der Waals surface area (Å²) in [5.74, 6) is -1.85. The number of rotatable bonds is 8. The minimum Gasteiger partial charge on any atom is -0.444 e. The Bertz CT molecular complexity index is 1220. The van der Waals surface area contributed by atoms with Crippen molar-refractivity contribution in [2.45, 2.75) is 30.3 Å². The summed E-state index contributed by atoms with van der Waals surface area (Å²) in [5, 5.41) is 0. The Morgan fingerprint density at radius 3 is 2.61 bits per heavy atom. The van der Waals surface area contributed by atoms with E-state index >= 15 is 4.39 Å². The van der Waals surface area contributed by atoms with Crippen LogP contribution in [0.1, 0.15) is 12.8 Å². The molecule has 14 heteroatoms. The molecule has 1 atom stereocenters. The Labute approximate surface area is 205 Å². The molecule has 36 heavy (non-hydrogen) atoms. The van der Waals surface area contributed by atoms with Gasteiger partial charge in [-0.05, 0) is 36.8 Å². The van der Waals surface area contributed by atoms with Crippen LogP contribution in [0.2, 0.25) is 0 Å². The number of Topliss-reactive ketones (excluding diaryl/α,β-unsaturated/α-hetero) is 1. The summed E-state index contributed by atoms with van der Waals surface area (Å²) >= 11 is 0. The first kappa shape index (κ1) is 25.9. The fourth-order valence-corrected chi connectivity index (χ4v) is 5.31. The maximum atomic E-state index is 15.1. The highest BCUT2D eigenvalue weighted by Crippen LogP contribution is 2.29. The number of nitrogens with zero attached hydrogens (tertiary/aromatic N) is 4. The van der Waals surface area contributed by atoms with Crippen molar-refractivity contribution in [3.05, 3.63) is 48.5 Å². The Hall–Kier alpha value is -3.23. The number of halogens is 3. The molecule has 2 aliphatic rings. The van der Waals surface area contributed by atoms with Crippen molar-refractivity contribution in [2.75, 3.05) is 42.5 Å². The van der Waals surface area contributed by atoms with Gasteiger partial charge in [-0.25, -0.2) is 31.8 Å². The predicted octanol–water partition coefficient (Wildman–Crippen LogP) is 2.18. The van der Waals surface area contributed by atoms with E-state index in [1.165, 1.54) is 41.6 Å². The normalized spacial score (nSPS) is 19.4. The third-order valence-electron chi connectivity index (χ3n) is 5.89. The van der Waals surface area contributed by atoms with Crippen LogP contribution in [-0.4, -0.2) is 74.9 Å². The number of amides is 1. The molecule has 2 fully saturated rings. The van der Waals surface area contributed by atoms with E-state index in [1.54, 1.807) is 4.90 Å². The topological polar surface area (TPSA) is 112 Å². The number of ether oxygens (including phenoxy) is 1. The molecule has 2 aliphatic heterocycles. The fraction of sp³-hybridized carbons (Fsp3) is 0.409. The molecule has 0 unspecified atom stereocenters. The van der Waals surface area contributed by atoms with E-state index in [9.17, 15) is 26.8 Å². The Morgan fingerprint density at radius 2 is 1.92 bits per heavy atom. The van der Waals surface area contributed by atoms with Crippen molar-refractivity contribution in [3.63, 3.8) is 0 Å². The SMILES string of the molecule is O=C(CC[C@H]1CN(c2ccc(N3CCNN(S(=O)(=O)c4ccncc4)CC3)c(F)c2)C(=O)O1)C(F)F. The summed E-state index contributed by atoms with van der Waals surface area (Å²) in [7, 11) is -3.80. The number of pyridine rings is 1. The van der Waals surface area contributed by atoms with Crippen LogP contribution in [0.5, 0.6) is 0 Å². The van der Waals surface area contributed by atoms with Crippen LogP contribution >= 0.6 is 0 Å². The number of carbonyl (C=O) groups is 2. The van der Waals surface area contributed by atoms with Gasteiger partial charge in [0.05, 0.1) is 22.8 Å². The molecular formula is C22H24F3N5O5S. The number of aromatic nitrogens is 1. The van der Waals surface area contributed by atoms with Gasteiger partial charge >= 0.3 is 6.09 Å². The van der Waals surface area contributed by atoms with Gasteiger partial charge in [-0.2, -0.15) is 0 Å². The maximum absolute atomic E-state index is 15.1. The van der Waals surface area contributed by atoms with Crippen LogP contribution in [-0.2, 0) is 19.6 Å². The second-order valence-electron chi connectivity index (χ2n) is 8.21. The number of hydrazine groups is 1. The number of ketones is 1. The molecule has 2 saturated heterocycles. The van der Waals surface area contributed by atoms with E-state index in [-0.39, 0.29) is 48.9 Å². The number of benzene rings is 1. The smallest absolute Gasteiger partial charge is 0.414 e. The maximum Gasteiger partial charge on any atom is 0.414 e. The van der Waals surface area contributed by atoms with Crippen LogP contribution in [0.15, 0.2) is 47.6 Å². The number of nitrogens with one attached hydrogen (secondary N) is 1. The molecule has 0 aliphatic carbocycles. The average molecular weight is 528 g/mol. The lowest BCUT2D eigenvalue weighted by atomic mass is 10.1. The minimum absolute atomic E-state index is 0.00357. The lowest BCUT2D eigenvalue weighted by Crippen LogP contribution is -2.43. The third-order valence-corrected chi connectivity index (χ3v) is 7.65. The molecule has 3 heterocycles. The molecule has 10 nitrogen and oxygen atoms in total. The number of cyclic esters (lactones) is 1. The van der Waals surface area contributed by atoms with Gasteiger partial charge in [0, 0.05) is 45.0 Å². The number of hydrogen-bond donors (Lipinski definition) is 1. The molecule has 0 bridgehead atoms. The lowest BCUT2D eigenvalue weighted by molar-refractivity contribution is -0.129. The van der Waals surface area contributed by atoms with Crippen molar-refractivity contribution in [3.8, 4) is 0 Å². The first-order valence-electron chi connectivity index (χ1n) is 11.2. The first-order chi connectivity index (χ1) is 17.2. The average Bonchev–Trinajstić information content (AvgIpc) is 3.06. The summed E-state index contributed by atoms with van der Waals surface area (Å²) < 4.78 is 71.8. The van der Waals surface area contributed by atoms with Gasteiger partial charge in [-0.3, -0.25) is 14.7 Å². The highest BCUT2D eigenvalue weighted by molar-refractivity contribution is 7.89. The number of anilines is 2. The molecule has 1 aromatic carbocycles. The number of carbonyl (C=O) groups excluding carboxylic acids is 2. The van der Waals surface area contributed by atoms with Crippen LogP contribution in [0.3, 0.4) is 0 Å². The molecule has 1 amide bonds. The van der Waals surface area contributed by atoms with E-state index in [4.69, 9.17) is 4.74 Å². The molecular weight excluding hydrogens is 503 g/mol. The second kappa shape index (κ2) is 10.8. The largest absolute Gasteiger partial charge is 0.444 e. The van der Waals surface area contributed by atoms with Crippen LogP contribution in [0.25, 0.3) is 0 Å². The summed E-state index contributed by atoms with van der Waals surface area (Å²) in [4.78, 5) is 30.1. The minimum atomic E-state index is -3.80. The molecule has 1 N–H and O–H groups in total. The summed E-state index contributed by atoms with van der Waals surface area (Å²) in [5.41, 5.74) is 3.31. The van der Waals surface area contributed by atoms with Gasteiger partial charge in [-0.1, -0.05) is 0 Å². The van der Waals surface area contributed by atoms with E-state index in [0.29, 0.717) is 6.54 Å². The van der Waals surface area contributed by atoms with Gasteiger partial charge in [0.2, 0.25) is 0 Å². The molecule has 0 radical (unpaired) electrons. The third kappa shape index (κ3) is 5.60. The van der Waals surface area contributed by atoms with Crippen molar-refractivity contribution in [1.82, 2.24) is 14.8 Å². The zero-order valence-electron chi connectivity index (χ0n) is 19.0. The van der Waals surface area contributed by atoms with Crippen molar-refractivity contribution < 1.29 is 35.9 Å². The van der Waals surface area contributed by atoms with Gasteiger partial charge in [0.25, 0.3) is 16.4 Å². The number of hydrogen-bond acceptors (Lipinski definition) is 8. The summed E-state index contributed by atoms with van der Waals surface area (Å²) in [6.07, 6.45) is -2.29. The Kier molecular flexibility index (Phi) is 7.76. The van der Waals surface area contributed by atoms with Crippen molar-refractivity contribution in [1.29, 1.82) is 0 Å². The number of alkyl halides is 2. The van der Waals surface area contributed by atoms with E-state index in [2.05, 4.69) is 10.4 Å². The summed E-state index contributed by atoms with van der Waals surface area (Å²) in [6.45, 7) is 0.833. The van der Waals surface area contributed by atoms with Crippen LogP contribution < -0.4 is 15.2 Å². The van der Waals surface area contributed by atoms with E-state index in [1.807, 2.05) is 0 Å². The molecule has 4 rings (SSSR count). The molecule has 194 valence electrons. The van der Waals surface area contributed by atoms with Gasteiger partial charge < -0.3 is 9.64 Å².